The van der Waals surface area contributed by atoms with E-state index in [1.54, 1.807) is 45.3 Å². The van der Waals surface area contributed by atoms with Crippen molar-refractivity contribution in [2.75, 3.05) is 0 Å². The highest BCUT2D eigenvalue weighted by atomic mass is 33.1. The van der Waals surface area contributed by atoms with Crippen molar-refractivity contribution >= 4 is 132 Å². The van der Waals surface area contributed by atoms with Crippen LogP contribution >= 0.6 is 132 Å². The van der Waals surface area contributed by atoms with Crippen molar-refractivity contribution in [2.45, 2.75) is 34.7 Å². The second-order valence-corrected chi connectivity index (χ2v) is 18.4. The molecule has 28 heavy (non-hydrogen) atoms. The summed E-state index contributed by atoms with van der Waals surface area (Å²) in [6, 6.07) is 0. The van der Waals surface area contributed by atoms with Crippen LogP contribution in [0.4, 0.5) is 0 Å². The minimum atomic E-state index is 0.882. The van der Waals surface area contributed by atoms with Crippen LogP contribution in [-0.2, 0) is 0 Å². The maximum absolute atomic E-state index is 4.22. The third-order valence-corrected chi connectivity index (χ3v) is 17.8. The molecule has 1 aliphatic rings. The number of rotatable bonds is 0. The van der Waals surface area contributed by atoms with Crippen molar-refractivity contribution in [3.05, 3.63) is 0 Å². The SMILES string of the molecule is n1nc2sc1SSc1nnc(s1)SSc1nnc(s1)SSc1nnc(s1)SS2. The third kappa shape index (κ3) is 5.64. The quantitative estimate of drug-likeness (QED) is 0.204. The maximum atomic E-state index is 4.22. The first-order valence-corrected chi connectivity index (χ1v) is 18.4. The van der Waals surface area contributed by atoms with Crippen molar-refractivity contribution in [1.82, 2.24) is 40.8 Å². The van der Waals surface area contributed by atoms with Crippen molar-refractivity contribution < 1.29 is 0 Å². The first kappa shape index (κ1) is 20.9. The second kappa shape index (κ2) is 10.1. The van der Waals surface area contributed by atoms with E-state index >= 15 is 0 Å². The molecule has 0 saturated carbocycles. The molecule has 0 amide bonds. The molecule has 0 atom stereocenters. The van der Waals surface area contributed by atoms with Gasteiger partial charge in [-0.1, -0.05) is 45.3 Å². The lowest BCUT2D eigenvalue weighted by molar-refractivity contribution is 0.954. The minimum absolute atomic E-state index is 0.882. The van der Waals surface area contributed by atoms with Gasteiger partial charge < -0.3 is 0 Å². The molecule has 0 fully saturated rings. The van der Waals surface area contributed by atoms with Gasteiger partial charge >= 0.3 is 0 Å². The monoisotopic (exact) mass is 592 g/mol. The molecule has 0 spiro atoms. The zero-order chi connectivity index (χ0) is 18.8. The Morgan fingerprint density at radius 1 is 0.250 bits per heavy atom. The molecule has 4 aromatic heterocycles. The third-order valence-electron chi connectivity index (χ3n) is 2.29. The van der Waals surface area contributed by atoms with Gasteiger partial charge in [0.05, 0.1) is 0 Å². The molecule has 4 aromatic rings. The van der Waals surface area contributed by atoms with Crippen molar-refractivity contribution in [3.63, 3.8) is 0 Å². The number of hydrogen-bond donors (Lipinski definition) is 0. The molecular weight excluding hydrogens is 593 g/mol. The molecule has 0 unspecified atom stereocenters. The molecule has 8 bridgehead atoms. The lowest BCUT2D eigenvalue weighted by Crippen LogP contribution is -1.71. The number of nitrogens with zero attached hydrogens (tertiary/aromatic N) is 8. The lowest BCUT2D eigenvalue weighted by Gasteiger charge is -1.91. The fourth-order valence-electron chi connectivity index (χ4n) is 1.34. The molecule has 0 N–H and O–H groups in total. The molecule has 20 heteroatoms. The summed E-state index contributed by atoms with van der Waals surface area (Å²) >= 11 is 6.20. The summed E-state index contributed by atoms with van der Waals surface area (Å²) in [7, 11) is 12.3. The maximum Gasteiger partial charge on any atom is 0.186 e. The van der Waals surface area contributed by atoms with Crippen LogP contribution < -0.4 is 0 Å². The van der Waals surface area contributed by atoms with E-state index in [1.165, 1.54) is 86.4 Å². The Labute approximate surface area is 204 Å². The molecule has 1 aliphatic heterocycles. The van der Waals surface area contributed by atoms with E-state index in [0.717, 1.165) is 34.7 Å². The van der Waals surface area contributed by atoms with Crippen LogP contribution in [0.15, 0.2) is 34.7 Å². The highest BCUT2D eigenvalue weighted by Gasteiger charge is 2.15. The summed E-state index contributed by atoms with van der Waals surface area (Å²) in [6.07, 6.45) is 0. The smallest absolute Gasteiger partial charge is 0.130 e. The number of hydrogen-bond acceptors (Lipinski definition) is 20. The first-order chi connectivity index (χ1) is 13.8. The van der Waals surface area contributed by atoms with Crippen LogP contribution in [-0.4, -0.2) is 40.8 Å². The molecular formula is C8N8S12. The summed E-state index contributed by atoms with van der Waals surface area (Å²) in [5.74, 6) is 0. The van der Waals surface area contributed by atoms with E-state index in [4.69, 9.17) is 0 Å². The standard InChI is InChI=1S/C8N8S12/c9-1-17-2(10-9)23-24-5-13-14-6(19-5)27-28-8-16-15-7(20-8)26-25-4-12-11-3(18-4)22-21-1. The van der Waals surface area contributed by atoms with Gasteiger partial charge in [-0.05, 0) is 86.4 Å². The largest absolute Gasteiger partial charge is 0.186 e. The summed E-state index contributed by atoms with van der Waals surface area (Å²) in [4.78, 5) is 0. The van der Waals surface area contributed by atoms with Crippen LogP contribution in [0.5, 0.6) is 0 Å². The van der Waals surface area contributed by atoms with Crippen LogP contribution in [0.1, 0.15) is 0 Å². The zero-order valence-electron chi connectivity index (χ0n) is 12.5. The molecule has 8 nitrogen and oxygen atoms in total. The molecule has 0 saturated heterocycles. The van der Waals surface area contributed by atoms with Crippen molar-refractivity contribution in [3.8, 4) is 0 Å². The predicted octanol–water partition coefficient (Wildman–Crippen LogP) is 6.60. The van der Waals surface area contributed by atoms with Gasteiger partial charge in [0.25, 0.3) is 0 Å². The van der Waals surface area contributed by atoms with Crippen LogP contribution in [0, 0.1) is 0 Å². The topological polar surface area (TPSA) is 103 Å². The highest BCUT2D eigenvalue weighted by molar-refractivity contribution is 8.79. The fourth-order valence-corrected chi connectivity index (χ4v) is 14.8. The summed E-state index contributed by atoms with van der Waals surface area (Å²) in [5, 5.41) is 33.8. The second-order valence-electron chi connectivity index (χ2n) is 4.00. The normalized spacial score (nSPS) is 15.4. The number of fused-ring (bicyclic) bond motifs is 8. The van der Waals surface area contributed by atoms with Crippen molar-refractivity contribution in [1.29, 1.82) is 0 Å². The van der Waals surface area contributed by atoms with Crippen molar-refractivity contribution in [2.24, 2.45) is 0 Å². The lowest BCUT2D eigenvalue weighted by atomic mass is 11.6. The Hall–Kier alpha value is 1.04. The van der Waals surface area contributed by atoms with E-state index in [0.29, 0.717) is 0 Å². The van der Waals surface area contributed by atoms with E-state index in [9.17, 15) is 0 Å². The molecule has 0 aliphatic carbocycles. The van der Waals surface area contributed by atoms with Gasteiger partial charge in [0.15, 0.2) is 34.7 Å². The number of aromatic nitrogens is 8. The van der Waals surface area contributed by atoms with Gasteiger partial charge in [-0.15, -0.1) is 40.8 Å². The summed E-state index contributed by atoms with van der Waals surface area (Å²) in [5.41, 5.74) is 0. The highest BCUT2D eigenvalue weighted by Crippen LogP contribution is 2.49. The van der Waals surface area contributed by atoms with E-state index in [1.807, 2.05) is 0 Å². The Balaban J connectivity index is 1.35. The molecule has 0 aromatic carbocycles. The Bertz CT molecular complexity index is 826. The average molecular weight is 593 g/mol. The van der Waals surface area contributed by atoms with Gasteiger partial charge in [0.2, 0.25) is 0 Å². The molecule has 144 valence electrons. The predicted molar refractivity (Wildman–Crippen MR) is 126 cm³/mol. The van der Waals surface area contributed by atoms with Gasteiger partial charge in [-0.2, -0.15) is 0 Å². The molecule has 5 heterocycles. The van der Waals surface area contributed by atoms with Crippen LogP contribution in [0.25, 0.3) is 0 Å². The average Bonchev–Trinajstić information content (AvgIpc) is 3.49. The Morgan fingerprint density at radius 3 is 0.536 bits per heavy atom. The molecule has 5 rings (SSSR count). The minimum Gasteiger partial charge on any atom is -0.130 e. The summed E-state index contributed by atoms with van der Waals surface area (Å²) < 4.78 is 7.06. The zero-order valence-corrected chi connectivity index (χ0v) is 22.3. The van der Waals surface area contributed by atoms with E-state index < -0.39 is 0 Å². The van der Waals surface area contributed by atoms with Gasteiger partial charge in [-0.3, -0.25) is 0 Å². The summed E-state index contributed by atoms with van der Waals surface area (Å²) in [6.45, 7) is 0. The first-order valence-electron chi connectivity index (χ1n) is 6.52. The van der Waals surface area contributed by atoms with Gasteiger partial charge in [0.1, 0.15) is 0 Å². The Morgan fingerprint density at radius 2 is 0.393 bits per heavy atom. The molecule has 0 radical (unpaired) electrons. The van der Waals surface area contributed by atoms with E-state index in [-0.39, 0.29) is 0 Å². The van der Waals surface area contributed by atoms with E-state index in [2.05, 4.69) is 40.8 Å². The fraction of sp³-hybridized carbons (Fsp3) is 0. The van der Waals surface area contributed by atoms with Crippen LogP contribution in [0.2, 0.25) is 0 Å². The van der Waals surface area contributed by atoms with Gasteiger partial charge in [0, 0.05) is 0 Å². The Kier molecular flexibility index (Phi) is 7.55. The van der Waals surface area contributed by atoms with Crippen LogP contribution in [0.3, 0.4) is 0 Å². The van der Waals surface area contributed by atoms with Gasteiger partial charge in [-0.25, -0.2) is 0 Å².